The van der Waals surface area contributed by atoms with Gasteiger partial charge in [-0.1, -0.05) is 6.92 Å². The highest BCUT2D eigenvalue weighted by molar-refractivity contribution is 4.94. The van der Waals surface area contributed by atoms with Crippen molar-refractivity contribution in [3.63, 3.8) is 0 Å². The summed E-state index contributed by atoms with van der Waals surface area (Å²) in [7, 11) is 2.22. The van der Waals surface area contributed by atoms with Crippen LogP contribution in [-0.4, -0.2) is 72.4 Å². The molecule has 2 aliphatic rings. The van der Waals surface area contributed by atoms with Crippen molar-refractivity contribution >= 4 is 0 Å². The van der Waals surface area contributed by atoms with Crippen molar-refractivity contribution in [2.24, 2.45) is 0 Å². The minimum atomic E-state index is -0.0284. The number of nitrogens with zero attached hydrogens (tertiary/aromatic N) is 2. The van der Waals surface area contributed by atoms with Gasteiger partial charge in [0.25, 0.3) is 0 Å². The van der Waals surface area contributed by atoms with Crippen LogP contribution in [0.4, 0.5) is 0 Å². The smallest absolute Gasteiger partial charge is 0.0613 e. The van der Waals surface area contributed by atoms with Gasteiger partial charge in [0, 0.05) is 37.3 Å². The molecule has 1 saturated carbocycles. The zero-order chi connectivity index (χ0) is 14.6. The summed E-state index contributed by atoms with van der Waals surface area (Å²) in [4.78, 5) is 5.02. The van der Waals surface area contributed by atoms with Gasteiger partial charge in [-0.3, -0.25) is 0 Å². The number of piperazine rings is 1. The van der Waals surface area contributed by atoms with Crippen LogP contribution in [0.3, 0.4) is 0 Å². The Morgan fingerprint density at radius 2 is 2.05 bits per heavy atom. The molecule has 4 heteroatoms. The Labute approximate surface area is 124 Å². The molecule has 0 aromatic carbocycles. The predicted molar refractivity (Wildman–Crippen MR) is 84.0 cm³/mol. The van der Waals surface area contributed by atoms with E-state index in [1.165, 1.54) is 45.4 Å². The number of hydrogen-bond acceptors (Lipinski definition) is 4. The van der Waals surface area contributed by atoms with Gasteiger partial charge in [0.1, 0.15) is 0 Å². The highest BCUT2D eigenvalue weighted by Crippen LogP contribution is 2.27. The molecule has 0 amide bonds. The van der Waals surface area contributed by atoms with E-state index in [1.807, 2.05) is 0 Å². The monoisotopic (exact) mass is 283 g/mol. The van der Waals surface area contributed by atoms with Crippen molar-refractivity contribution in [1.29, 1.82) is 0 Å². The third-order valence-corrected chi connectivity index (χ3v) is 5.24. The normalized spacial score (nSPS) is 28.5. The molecular weight excluding hydrogens is 250 g/mol. The molecule has 1 aliphatic heterocycles. The quantitative estimate of drug-likeness (QED) is 0.704. The fourth-order valence-electron chi connectivity index (χ4n) is 3.22. The molecule has 0 aromatic heterocycles. The van der Waals surface area contributed by atoms with Gasteiger partial charge in [-0.15, -0.1) is 0 Å². The third-order valence-electron chi connectivity index (χ3n) is 5.24. The largest absolute Gasteiger partial charge is 0.394 e. The van der Waals surface area contributed by atoms with Crippen molar-refractivity contribution in [3.05, 3.63) is 0 Å². The topological polar surface area (TPSA) is 38.7 Å². The third kappa shape index (κ3) is 4.42. The van der Waals surface area contributed by atoms with Crippen LogP contribution >= 0.6 is 0 Å². The Kier molecular flexibility index (Phi) is 5.84. The van der Waals surface area contributed by atoms with Gasteiger partial charge in [0.2, 0.25) is 0 Å². The number of nitrogens with one attached hydrogen (secondary N) is 1. The van der Waals surface area contributed by atoms with Crippen molar-refractivity contribution in [3.8, 4) is 0 Å². The highest BCUT2D eigenvalue weighted by atomic mass is 16.3. The molecule has 0 bridgehead atoms. The summed E-state index contributed by atoms with van der Waals surface area (Å²) in [5.41, 5.74) is -0.0284. The number of aliphatic hydroxyl groups excluding tert-OH is 1. The van der Waals surface area contributed by atoms with E-state index < -0.39 is 0 Å². The molecule has 0 spiro atoms. The highest BCUT2D eigenvalue weighted by Gasteiger charge is 2.34. The summed E-state index contributed by atoms with van der Waals surface area (Å²) in [6.45, 7) is 9.51. The van der Waals surface area contributed by atoms with Crippen molar-refractivity contribution in [2.75, 3.05) is 39.8 Å². The van der Waals surface area contributed by atoms with Crippen LogP contribution in [0.5, 0.6) is 0 Å². The average molecular weight is 283 g/mol. The number of rotatable bonds is 8. The summed E-state index contributed by atoms with van der Waals surface area (Å²) >= 11 is 0. The summed E-state index contributed by atoms with van der Waals surface area (Å²) in [6.07, 6.45) is 5.89. The van der Waals surface area contributed by atoms with Gasteiger partial charge < -0.3 is 20.2 Å². The number of aliphatic hydroxyl groups is 1. The molecule has 1 saturated heterocycles. The first-order chi connectivity index (χ1) is 9.58. The fraction of sp³-hybridized carbons (Fsp3) is 1.00. The van der Waals surface area contributed by atoms with E-state index in [-0.39, 0.29) is 12.1 Å². The molecule has 2 atom stereocenters. The lowest BCUT2D eigenvalue weighted by Crippen LogP contribution is -2.51. The van der Waals surface area contributed by atoms with Gasteiger partial charge >= 0.3 is 0 Å². The predicted octanol–water partition coefficient (Wildman–Crippen LogP) is 1.30. The Morgan fingerprint density at radius 1 is 1.30 bits per heavy atom. The second-order valence-electron chi connectivity index (χ2n) is 6.94. The minimum absolute atomic E-state index is 0.0284. The summed E-state index contributed by atoms with van der Waals surface area (Å²) < 4.78 is 0. The van der Waals surface area contributed by atoms with E-state index in [9.17, 15) is 5.11 Å². The lowest BCUT2D eigenvalue weighted by Gasteiger charge is -2.38. The molecule has 2 N–H and O–H groups in total. The lowest BCUT2D eigenvalue weighted by molar-refractivity contribution is 0.0947. The maximum atomic E-state index is 9.78. The van der Waals surface area contributed by atoms with Crippen molar-refractivity contribution in [1.82, 2.24) is 15.1 Å². The lowest BCUT2D eigenvalue weighted by atomic mass is 9.90. The van der Waals surface area contributed by atoms with E-state index in [0.29, 0.717) is 12.1 Å². The van der Waals surface area contributed by atoms with Gasteiger partial charge in [-0.05, 0) is 52.6 Å². The van der Waals surface area contributed by atoms with Crippen LogP contribution in [0.2, 0.25) is 0 Å². The van der Waals surface area contributed by atoms with Crippen LogP contribution in [0, 0.1) is 0 Å². The zero-order valence-electron chi connectivity index (χ0n) is 13.6. The maximum Gasteiger partial charge on any atom is 0.0613 e. The first kappa shape index (κ1) is 16.2. The first-order valence-corrected chi connectivity index (χ1v) is 8.40. The minimum Gasteiger partial charge on any atom is -0.394 e. The van der Waals surface area contributed by atoms with E-state index in [0.717, 1.165) is 12.8 Å². The molecule has 2 rings (SSSR count). The SMILES string of the molecule is CCC(CO)(CCCN1CCN(C)C(C)C1)NC1CC1. The molecule has 20 heavy (non-hydrogen) atoms. The van der Waals surface area contributed by atoms with Crippen LogP contribution in [0.25, 0.3) is 0 Å². The summed E-state index contributed by atoms with van der Waals surface area (Å²) in [5.74, 6) is 0. The molecule has 4 nitrogen and oxygen atoms in total. The second kappa shape index (κ2) is 7.21. The van der Waals surface area contributed by atoms with E-state index in [2.05, 4.69) is 36.0 Å². The fourth-order valence-corrected chi connectivity index (χ4v) is 3.22. The van der Waals surface area contributed by atoms with Crippen LogP contribution in [0.1, 0.15) is 46.0 Å². The van der Waals surface area contributed by atoms with E-state index >= 15 is 0 Å². The van der Waals surface area contributed by atoms with Gasteiger partial charge in [0.15, 0.2) is 0 Å². The van der Waals surface area contributed by atoms with Gasteiger partial charge in [-0.2, -0.15) is 0 Å². The summed E-state index contributed by atoms with van der Waals surface area (Å²) in [6, 6.07) is 1.34. The maximum absolute atomic E-state index is 9.78. The second-order valence-corrected chi connectivity index (χ2v) is 6.94. The Balaban J connectivity index is 1.72. The molecule has 0 aromatic rings. The van der Waals surface area contributed by atoms with Crippen molar-refractivity contribution in [2.45, 2.75) is 63.6 Å². The van der Waals surface area contributed by atoms with Crippen LogP contribution in [-0.2, 0) is 0 Å². The first-order valence-electron chi connectivity index (χ1n) is 8.40. The van der Waals surface area contributed by atoms with Crippen LogP contribution in [0.15, 0.2) is 0 Å². The molecule has 2 unspecified atom stereocenters. The average Bonchev–Trinajstić information content (AvgIpc) is 3.25. The molecule has 0 radical (unpaired) electrons. The number of likely N-dealkylation sites (N-methyl/N-ethyl adjacent to an activating group) is 1. The Hall–Kier alpha value is -0.160. The Bertz CT molecular complexity index is 289. The van der Waals surface area contributed by atoms with Crippen molar-refractivity contribution < 1.29 is 5.11 Å². The molecule has 2 fully saturated rings. The molecule has 118 valence electrons. The van der Waals surface area contributed by atoms with Gasteiger partial charge in [-0.25, -0.2) is 0 Å². The van der Waals surface area contributed by atoms with Gasteiger partial charge in [0.05, 0.1) is 6.61 Å². The molecular formula is C16H33N3O. The van der Waals surface area contributed by atoms with E-state index in [4.69, 9.17) is 0 Å². The summed E-state index contributed by atoms with van der Waals surface area (Å²) in [5, 5.41) is 13.5. The standard InChI is InChI=1S/C16H33N3O/c1-4-16(13-20,17-15-6-7-15)8-5-9-19-11-10-18(3)14(2)12-19/h14-15,17,20H,4-13H2,1-3H3. The van der Waals surface area contributed by atoms with Crippen LogP contribution < -0.4 is 5.32 Å². The van der Waals surface area contributed by atoms with E-state index in [1.54, 1.807) is 0 Å². The molecule has 1 heterocycles. The number of hydrogen-bond donors (Lipinski definition) is 2. The Morgan fingerprint density at radius 3 is 2.60 bits per heavy atom. The zero-order valence-corrected chi connectivity index (χ0v) is 13.6. The molecule has 1 aliphatic carbocycles.